The smallest absolute Gasteiger partial charge is 0.362 e. The third-order valence-electron chi connectivity index (χ3n) is 1.34. The first-order chi connectivity index (χ1) is 6.33. The van der Waals surface area contributed by atoms with Crippen LogP contribution in [-0.2, 0) is 16.3 Å². The summed E-state index contributed by atoms with van der Waals surface area (Å²) in [7, 11) is 1.50. The Bertz CT molecular complexity index is 351. The second kappa shape index (κ2) is 4.23. The van der Waals surface area contributed by atoms with Gasteiger partial charge >= 0.3 is 17.8 Å². The Kier molecular flexibility index (Phi) is 3.00. The van der Waals surface area contributed by atoms with E-state index in [1.807, 2.05) is 6.01 Å². The summed E-state index contributed by atoms with van der Waals surface area (Å²) in [6, 6.07) is 1.82. The SMILES string of the molecule is COCn1cnc([C+]=O)c1N=C=N. The highest BCUT2D eigenvalue weighted by atomic mass is 16.5. The average Bonchev–Trinajstić information content (AvgIpc) is 2.50. The Morgan fingerprint density at radius 2 is 2.69 bits per heavy atom. The van der Waals surface area contributed by atoms with Crippen molar-refractivity contribution in [2.45, 2.75) is 6.73 Å². The molecule has 0 bridgehead atoms. The maximum atomic E-state index is 10.3. The molecule has 13 heavy (non-hydrogen) atoms. The molecular weight excluding hydrogens is 172 g/mol. The highest BCUT2D eigenvalue weighted by molar-refractivity contribution is 5.79. The second-order valence-electron chi connectivity index (χ2n) is 2.13. The summed E-state index contributed by atoms with van der Waals surface area (Å²) in [5.41, 5.74) is 0.0526. The lowest BCUT2D eigenvalue weighted by Gasteiger charge is -1.94. The van der Waals surface area contributed by atoms with Gasteiger partial charge in [0.25, 0.3) is 0 Å². The van der Waals surface area contributed by atoms with Gasteiger partial charge in [0.1, 0.15) is 19.1 Å². The molecule has 0 aliphatic rings. The predicted octanol–water partition coefficient (Wildman–Crippen LogP) is 0.329. The minimum Gasteiger partial charge on any atom is -0.362 e. The lowest BCUT2D eigenvalue weighted by atomic mass is 10.5. The van der Waals surface area contributed by atoms with Crippen LogP contribution >= 0.6 is 0 Å². The molecule has 0 radical (unpaired) electrons. The van der Waals surface area contributed by atoms with Crippen LogP contribution in [0.3, 0.4) is 0 Å². The number of methoxy groups -OCH3 is 1. The zero-order valence-corrected chi connectivity index (χ0v) is 6.94. The topological polar surface area (TPSA) is 80.3 Å². The molecule has 6 nitrogen and oxygen atoms in total. The Hall–Kier alpha value is -1.87. The van der Waals surface area contributed by atoms with Crippen LogP contribution in [0.4, 0.5) is 5.82 Å². The first kappa shape index (κ1) is 9.22. The van der Waals surface area contributed by atoms with Gasteiger partial charge in [-0.25, -0.2) is 9.98 Å². The predicted molar refractivity (Wildman–Crippen MR) is 43.8 cm³/mol. The Balaban J connectivity index is 3.12. The van der Waals surface area contributed by atoms with Crippen molar-refractivity contribution < 1.29 is 9.53 Å². The molecule has 0 aromatic carbocycles. The van der Waals surface area contributed by atoms with Crippen molar-refractivity contribution in [1.82, 2.24) is 9.55 Å². The average molecular weight is 179 g/mol. The number of hydrogen-bond donors (Lipinski definition) is 1. The number of imidazole rings is 1. The number of aliphatic imine (C=N–C) groups is 1. The van der Waals surface area contributed by atoms with E-state index in [2.05, 4.69) is 9.98 Å². The quantitative estimate of drug-likeness (QED) is 0.534. The molecule has 0 unspecified atom stereocenters. The first-order valence-electron chi connectivity index (χ1n) is 3.38. The maximum absolute atomic E-state index is 10.3. The van der Waals surface area contributed by atoms with E-state index in [4.69, 9.17) is 10.1 Å². The zero-order valence-electron chi connectivity index (χ0n) is 6.94. The number of rotatable bonds is 4. The van der Waals surface area contributed by atoms with Gasteiger partial charge < -0.3 is 4.74 Å². The Morgan fingerprint density at radius 3 is 3.23 bits per heavy atom. The van der Waals surface area contributed by atoms with Crippen LogP contribution < -0.4 is 0 Å². The fourth-order valence-electron chi connectivity index (χ4n) is 0.852. The molecule has 0 atom stereocenters. The number of hydrogen-bond acceptors (Lipinski definition) is 5. The standard InChI is InChI=1S/C7H7N4O2/c1-13-5-11-4-10-6(2-12)7(11)9-3-8/h4,8H,5H2,1H3/q+1. The lowest BCUT2D eigenvalue weighted by molar-refractivity contribution is 0.132. The molecule has 1 heterocycles. The molecule has 0 spiro atoms. The van der Waals surface area contributed by atoms with Crippen LogP contribution in [0.15, 0.2) is 11.3 Å². The van der Waals surface area contributed by atoms with Gasteiger partial charge in [0.2, 0.25) is 0 Å². The van der Waals surface area contributed by atoms with E-state index in [-0.39, 0.29) is 18.2 Å². The van der Waals surface area contributed by atoms with Crippen molar-refractivity contribution in [3.8, 4) is 0 Å². The van der Waals surface area contributed by atoms with Crippen LogP contribution in [0.2, 0.25) is 0 Å². The number of ether oxygens (including phenoxy) is 1. The molecule has 0 amide bonds. The molecule has 1 aromatic heterocycles. The summed E-state index contributed by atoms with van der Waals surface area (Å²) < 4.78 is 6.29. The highest BCUT2D eigenvalue weighted by Crippen LogP contribution is 2.15. The van der Waals surface area contributed by atoms with Gasteiger partial charge in [-0.1, -0.05) is 9.79 Å². The summed E-state index contributed by atoms with van der Waals surface area (Å²) >= 11 is 0. The molecule has 66 valence electrons. The van der Waals surface area contributed by atoms with Crippen molar-refractivity contribution >= 4 is 18.1 Å². The van der Waals surface area contributed by atoms with Crippen LogP contribution in [0.1, 0.15) is 5.69 Å². The minimum absolute atomic E-state index is 0.0526. The van der Waals surface area contributed by atoms with Crippen molar-refractivity contribution in [2.75, 3.05) is 7.11 Å². The van der Waals surface area contributed by atoms with Gasteiger partial charge in [0.15, 0.2) is 0 Å². The summed E-state index contributed by atoms with van der Waals surface area (Å²) in [6.45, 7) is 0.217. The van der Waals surface area contributed by atoms with E-state index in [0.29, 0.717) is 0 Å². The molecule has 0 aliphatic carbocycles. The third-order valence-corrected chi connectivity index (χ3v) is 1.34. The minimum atomic E-state index is 0.0526. The summed E-state index contributed by atoms with van der Waals surface area (Å²) in [5.74, 6) is 0.229. The largest absolute Gasteiger partial charge is 0.391 e. The van der Waals surface area contributed by atoms with Gasteiger partial charge in [0, 0.05) is 7.11 Å². The molecule has 1 N–H and O–H groups in total. The molecule has 1 rings (SSSR count). The van der Waals surface area contributed by atoms with E-state index >= 15 is 0 Å². The number of nitrogens with one attached hydrogen (secondary N) is 1. The molecule has 1 aromatic rings. The maximum Gasteiger partial charge on any atom is 0.391 e. The molecule has 6 heteroatoms. The van der Waals surface area contributed by atoms with Crippen LogP contribution in [0.5, 0.6) is 0 Å². The van der Waals surface area contributed by atoms with Crippen LogP contribution in [-0.4, -0.2) is 29.0 Å². The van der Waals surface area contributed by atoms with E-state index in [1.54, 1.807) is 6.29 Å². The van der Waals surface area contributed by atoms with Gasteiger partial charge in [-0.2, -0.15) is 4.98 Å². The second-order valence-corrected chi connectivity index (χ2v) is 2.13. The van der Waals surface area contributed by atoms with Gasteiger partial charge in [-0.3, -0.25) is 0 Å². The van der Waals surface area contributed by atoms with Crippen LogP contribution in [0, 0.1) is 5.41 Å². The molecule has 0 saturated heterocycles. The fourth-order valence-corrected chi connectivity index (χ4v) is 0.852. The summed E-state index contributed by atoms with van der Waals surface area (Å²) in [4.78, 5) is 17.6. The van der Waals surface area contributed by atoms with Gasteiger partial charge in [-0.05, 0) is 0 Å². The monoisotopic (exact) mass is 179 g/mol. The van der Waals surface area contributed by atoms with E-state index in [1.165, 1.54) is 18.0 Å². The van der Waals surface area contributed by atoms with Crippen molar-refractivity contribution in [1.29, 1.82) is 5.41 Å². The van der Waals surface area contributed by atoms with Gasteiger partial charge in [0.05, 0.1) is 0 Å². The number of aromatic nitrogens is 2. The lowest BCUT2D eigenvalue weighted by Crippen LogP contribution is -1.97. The number of carbonyl (C=O) groups excluding carboxylic acids is 1. The van der Waals surface area contributed by atoms with Crippen molar-refractivity contribution in [2.24, 2.45) is 4.99 Å². The first-order valence-corrected chi connectivity index (χ1v) is 3.38. The van der Waals surface area contributed by atoms with Crippen molar-refractivity contribution in [3.63, 3.8) is 0 Å². The summed E-state index contributed by atoms with van der Waals surface area (Å²) in [6.07, 6.45) is 2.99. The molecular formula is C7H7N4O2+. The van der Waals surface area contributed by atoms with E-state index in [9.17, 15) is 4.79 Å². The van der Waals surface area contributed by atoms with Crippen molar-refractivity contribution in [3.05, 3.63) is 12.0 Å². The van der Waals surface area contributed by atoms with Crippen LogP contribution in [0.25, 0.3) is 0 Å². The molecule has 0 fully saturated rings. The fraction of sp³-hybridized carbons (Fsp3) is 0.286. The third kappa shape index (κ3) is 1.83. The summed E-state index contributed by atoms with van der Waals surface area (Å²) in [5, 5.41) is 6.65. The van der Waals surface area contributed by atoms with E-state index < -0.39 is 0 Å². The Morgan fingerprint density at radius 1 is 1.92 bits per heavy atom. The normalized spacial score (nSPS) is 9.00. The highest BCUT2D eigenvalue weighted by Gasteiger charge is 2.21. The Labute approximate surface area is 74.4 Å². The molecule has 0 aliphatic heterocycles. The zero-order chi connectivity index (χ0) is 9.68. The molecule has 0 saturated carbocycles. The van der Waals surface area contributed by atoms with E-state index in [0.717, 1.165) is 0 Å². The van der Waals surface area contributed by atoms with Gasteiger partial charge in [-0.15, -0.1) is 0 Å². The number of nitrogens with zero attached hydrogens (tertiary/aromatic N) is 3.